The first kappa shape index (κ1) is 19.3. The van der Waals surface area contributed by atoms with Gasteiger partial charge in [0.05, 0.1) is 5.39 Å². The molecule has 2 heterocycles. The number of benzene rings is 1. The Labute approximate surface area is 162 Å². The summed E-state index contributed by atoms with van der Waals surface area (Å²) < 4.78 is 1.68. The summed E-state index contributed by atoms with van der Waals surface area (Å²) in [5, 5.41) is 9.57. The second-order valence-electron chi connectivity index (χ2n) is 6.81. The minimum atomic E-state index is -0.846. The maximum absolute atomic E-state index is 13.4. The molecule has 0 fully saturated rings. The highest BCUT2D eigenvalue weighted by atomic mass is 32.1. The molecule has 0 radical (unpaired) electrons. The molecule has 0 saturated carbocycles. The molecule has 0 atom stereocenters. The lowest BCUT2D eigenvalue weighted by molar-refractivity contribution is -0.137. The summed E-state index contributed by atoms with van der Waals surface area (Å²) in [6.07, 6.45) is 2.05. The Hall–Kier alpha value is -2.47. The molecule has 0 amide bonds. The predicted molar refractivity (Wildman–Crippen MR) is 110 cm³/mol. The zero-order valence-electron chi connectivity index (χ0n) is 15.9. The molecule has 0 aliphatic rings. The lowest BCUT2D eigenvalue weighted by Crippen LogP contribution is -2.25. The van der Waals surface area contributed by atoms with Crippen molar-refractivity contribution in [1.29, 1.82) is 0 Å². The van der Waals surface area contributed by atoms with E-state index in [0.717, 1.165) is 33.1 Å². The Bertz CT molecular complexity index is 1030. The number of aryl methyl sites for hydroxylation is 3. The Kier molecular flexibility index (Phi) is 5.75. The van der Waals surface area contributed by atoms with Crippen molar-refractivity contribution < 1.29 is 9.90 Å². The second-order valence-corrected chi connectivity index (χ2v) is 8.01. The molecule has 5 nitrogen and oxygen atoms in total. The van der Waals surface area contributed by atoms with Crippen molar-refractivity contribution >= 4 is 27.5 Å². The third kappa shape index (κ3) is 3.95. The van der Waals surface area contributed by atoms with Crippen molar-refractivity contribution in [2.75, 3.05) is 0 Å². The van der Waals surface area contributed by atoms with Crippen molar-refractivity contribution in [3.63, 3.8) is 0 Å². The molecule has 0 saturated heterocycles. The molecule has 0 spiro atoms. The van der Waals surface area contributed by atoms with Crippen LogP contribution in [0.4, 0.5) is 0 Å². The van der Waals surface area contributed by atoms with Gasteiger partial charge in [0.25, 0.3) is 5.56 Å². The van der Waals surface area contributed by atoms with Gasteiger partial charge < -0.3 is 5.11 Å². The van der Waals surface area contributed by atoms with Crippen LogP contribution in [-0.2, 0) is 17.8 Å². The third-order valence-electron chi connectivity index (χ3n) is 4.65. The van der Waals surface area contributed by atoms with Crippen LogP contribution in [-0.4, -0.2) is 20.6 Å². The van der Waals surface area contributed by atoms with E-state index in [1.54, 1.807) is 15.9 Å². The molecule has 0 unspecified atom stereocenters. The van der Waals surface area contributed by atoms with Gasteiger partial charge in [0.2, 0.25) is 0 Å². The van der Waals surface area contributed by atoms with Gasteiger partial charge in [-0.2, -0.15) is 0 Å². The third-order valence-corrected chi connectivity index (χ3v) is 5.65. The molecule has 1 aromatic carbocycles. The minimum absolute atomic E-state index is 0.0452. The second kappa shape index (κ2) is 8.05. The Balaban J connectivity index is 2.18. The molecule has 0 bridgehead atoms. The van der Waals surface area contributed by atoms with Gasteiger partial charge in [-0.15, -0.1) is 11.3 Å². The van der Waals surface area contributed by atoms with E-state index in [9.17, 15) is 9.59 Å². The highest BCUT2D eigenvalue weighted by molar-refractivity contribution is 7.19. The van der Waals surface area contributed by atoms with Crippen LogP contribution < -0.4 is 5.56 Å². The lowest BCUT2D eigenvalue weighted by atomic mass is 10.0. The maximum atomic E-state index is 13.4. The average Bonchev–Trinajstić information content (AvgIpc) is 2.94. The summed E-state index contributed by atoms with van der Waals surface area (Å²) in [5.41, 5.74) is 3.07. The van der Waals surface area contributed by atoms with Crippen molar-refractivity contribution in [3.8, 4) is 11.1 Å². The summed E-state index contributed by atoms with van der Waals surface area (Å²) in [6, 6.07) is 8.17. The number of aromatic nitrogens is 2. The summed E-state index contributed by atoms with van der Waals surface area (Å²) >= 11 is 1.55. The number of fused-ring (bicyclic) bond motifs is 1. The molecule has 0 aliphatic carbocycles. The van der Waals surface area contributed by atoms with Gasteiger partial charge in [0, 0.05) is 29.8 Å². The molecule has 3 rings (SSSR count). The van der Waals surface area contributed by atoms with Crippen molar-refractivity contribution in [3.05, 3.63) is 50.9 Å². The van der Waals surface area contributed by atoms with Gasteiger partial charge in [-0.05, 0) is 32.3 Å². The maximum Gasteiger partial charge on any atom is 0.303 e. The molecule has 27 heavy (non-hydrogen) atoms. The number of aliphatic carboxylic acids is 1. The molecule has 1 N–H and O–H groups in total. The largest absolute Gasteiger partial charge is 0.481 e. The number of hydrogen-bond acceptors (Lipinski definition) is 4. The number of carbonyl (C=O) groups is 1. The smallest absolute Gasteiger partial charge is 0.303 e. The Morgan fingerprint density at radius 2 is 1.93 bits per heavy atom. The fourth-order valence-electron chi connectivity index (χ4n) is 3.34. The molecule has 2 aromatic heterocycles. The van der Waals surface area contributed by atoms with E-state index in [2.05, 4.69) is 6.92 Å². The number of rotatable bonds is 7. The predicted octanol–water partition coefficient (Wildman–Crippen LogP) is 4.56. The van der Waals surface area contributed by atoms with Crippen LogP contribution in [0.2, 0.25) is 0 Å². The summed E-state index contributed by atoms with van der Waals surface area (Å²) in [5.74, 6) is -0.0991. The Morgan fingerprint density at radius 1 is 1.22 bits per heavy atom. The number of nitrogens with zero attached hydrogens (tertiary/aromatic N) is 2. The zero-order chi connectivity index (χ0) is 19.6. The first-order chi connectivity index (χ1) is 12.9. The van der Waals surface area contributed by atoms with Gasteiger partial charge in [-0.1, -0.05) is 36.8 Å². The van der Waals surface area contributed by atoms with E-state index in [1.807, 2.05) is 38.1 Å². The summed E-state index contributed by atoms with van der Waals surface area (Å²) in [4.78, 5) is 30.8. The van der Waals surface area contributed by atoms with E-state index in [4.69, 9.17) is 10.1 Å². The number of carboxylic acids is 1. The average molecular weight is 385 g/mol. The van der Waals surface area contributed by atoms with E-state index < -0.39 is 5.97 Å². The highest BCUT2D eigenvalue weighted by Crippen LogP contribution is 2.36. The molecule has 3 aromatic rings. The van der Waals surface area contributed by atoms with Crippen molar-refractivity contribution in [1.82, 2.24) is 9.55 Å². The number of thiophene rings is 1. The standard InChI is InChI=1S/C21H24N2O3S/c1-4-6-16-22-20-19(21(26)23(16)12-5-7-17(24)25)18(14(3)27-20)15-10-8-13(2)9-11-15/h8-11H,4-7,12H2,1-3H3,(H,24,25). The molecule has 6 heteroatoms. The van der Waals surface area contributed by atoms with Crippen molar-refractivity contribution in [2.24, 2.45) is 0 Å². The fraction of sp³-hybridized carbons (Fsp3) is 0.381. The highest BCUT2D eigenvalue weighted by Gasteiger charge is 2.19. The first-order valence-corrected chi connectivity index (χ1v) is 10.1. The minimum Gasteiger partial charge on any atom is -0.481 e. The van der Waals surface area contributed by atoms with E-state index in [-0.39, 0.29) is 12.0 Å². The summed E-state index contributed by atoms with van der Waals surface area (Å²) in [6.45, 7) is 6.49. The van der Waals surface area contributed by atoms with Crippen LogP contribution in [0.1, 0.15) is 42.5 Å². The fourth-order valence-corrected chi connectivity index (χ4v) is 4.39. The van der Waals surface area contributed by atoms with Gasteiger partial charge >= 0.3 is 5.97 Å². The molecular formula is C21H24N2O3S. The van der Waals surface area contributed by atoms with Crippen LogP contribution >= 0.6 is 11.3 Å². The van der Waals surface area contributed by atoms with Gasteiger partial charge in [0.1, 0.15) is 10.7 Å². The van der Waals surface area contributed by atoms with Gasteiger partial charge in [0.15, 0.2) is 0 Å². The van der Waals surface area contributed by atoms with Gasteiger partial charge in [-0.3, -0.25) is 14.2 Å². The summed E-state index contributed by atoms with van der Waals surface area (Å²) in [7, 11) is 0. The van der Waals surface area contributed by atoms with Gasteiger partial charge in [-0.25, -0.2) is 4.98 Å². The van der Waals surface area contributed by atoms with Crippen LogP contribution in [0, 0.1) is 13.8 Å². The quantitative estimate of drug-likeness (QED) is 0.648. The van der Waals surface area contributed by atoms with Crippen LogP contribution in [0.15, 0.2) is 29.1 Å². The van der Waals surface area contributed by atoms with E-state index in [0.29, 0.717) is 24.8 Å². The number of carboxylic acid groups (broad SMARTS) is 1. The lowest BCUT2D eigenvalue weighted by Gasteiger charge is -2.12. The molecule has 0 aliphatic heterocycles. The topological polar surface area (TPSA) is 72.2 Å². The number of hydrogen-bond donors (Lipinski definition) is 1. The normalized spacial score (nSPS) is 11.2. The van der Waals surface area contributed by atoms with Crippen LogP contribution in [0.25, 0.3) is 21.3 Å². The van der Waals surface area contributed by atoms with Crippen LogP contribution in [0.3, 0.4) is 0 Å². The van der Waals surface area contributed by atoms with E-state index >= 15 is 0 Å². The first-order valence-electron chi connectivity index (χ1n) is 9.24. The zero-order valence-corrected chi connectivity index (χ0v) is 16.7. The molecular weight excluding hydrogens is 360 g/mol. The van der Waals surface area contributed by atoms with E-state index in [1.165, 1.54) is 5.56 Å². The SMILES string of the molecule is CCCc1nc2sc(C)c(-c3ccc(C)cc3)c2c(=O)n1CCCC(=O)O. The van der Waals surface area contributed by atoms with Crippen molar-refractivity contribution in [2.45, 2.75) is 53.0 Å². The van der Waals surface area contributed by atoms with Crippen LogP contribution in [0.5, 0.6) is 0 Å². The molecule has 142 valence electrons. The Morgan fingerprint density at radius 3 is 2.56 bits per heavy atom. The monoisotopic (exact) mass is 384 g/mol.